The van der Waals surface area contributed by atoms with Gasteiger partial charge in [0, 0.05) is 39.4 Å². The molecule has 2 heterocycles. The van der Waals surface area contributed by atoms with Crippen LogP contribution in [0.5, 0.6) is 0 Å². The Morgan fingerprint density at radius 1 is 1.28 bits per heavy atom. The van der Waals surface area contributed by atoms with Crippen molar-refractivity contribution in [2.24, 2.45) is 4.99 Å². The zero-order valence-electron chi connectivity index (χ0n) is 15.3. The maximum atomic E-state index is 12.0. The molecular formula is C17H33IN4O3. The number of halogens is 1. The first kappa shape index (κ1) is 22.4. The van der Waals surface area contributed by atoms with Gasteiger partial charge in [-0.1, -0.05) is 0 Å². The molecule has 2 N–H and O–H groups in total. The minimum atomic E-state index is 0. The van der Waals surface area contributed by atoms with E-state index in [1.807, 2.05) is 11.8 Å². The fraction of sp³-hybridized carbons (Fsp3) is 0.882. The standard InChI is InChI=1S/C17H32N4O3.HI/c1-2-18-17(20-13-16(22)21-9-3-4-10-21)19-8-6-11-23-14-15-7-5-12-24-15;/h15H,2-14H2,1H3,(H2,18,19,20);1H. The van der Waals surface area contributed by atoms with Gasteiger partial charge in [0.2, 0.25) is 5.91 Å². The highest BCUT2D eigenvalue weighted by Gasteiger charge is 2.17. The minimum absolute atomic E-state index is 0. The van der Waals surface area contributed by atoms with Gasteiger partial charge in [-0.3, -0.25) is 4.79 Å². The van der Waals surface area contributed by atoms with Gasteiger partial charge in [0.05, 0.1) is 12.7 Å². The van der Waals surface area contributed by atoms with Gasteiger partial charge >= 0.3 is 0 Å². The maximum absolute atomic E-state index is 12.0. The van der Waals surface area contributed by atoms with Gasteiger partial charge in [-0.25, -0.2) is 4.99 Å². The van der Waals surface area contributed by atoms with E-state index in [0.29, 0.717) is 19.2 Å². The molecule has 25 heavy (non-hydrogen) atoms. The highest BCUT2D eigenvalue weighted by molar-refractivity contribution is 14.0. The Bertz CT molecular complexity index is 397. The second-order valence-electron chi connectivity index (χ2n) is 6.27. The van der Waals surface area contributed by atoms with Crippen molar-refractivity contribution in [3.63, 3.8) is 0 Å². The van der Waals surface area contributed by atoms with Crippen LogP contribution in [0.1, 0.15) is 39.0 Å². The minimum Gasteiger partial charge on any atom is -0.379 e. The van der Waals surface area contributed by atoms with E-state index in [2.05, 4.69) is 15.6 Å². The summed E-state index contributed by atoms with van der Waals surface area (Å²) in [5.41, 5.74) is 0. The van der Waals surface area contributed by atoms with Crippen LogP contribution in [0.25, 0.3) is 0 Å². The average molecular weight is 468 g/mol. The van der Waals surface area contributed by atoms with Crippen LogP contribution in [-0.4, -0.2) is 75.4 Å². The summed E-state index contributed by atoms with van der Waals surface area (Å²) >= 11 is 0. The largest absolute Gasteiger partial charge is 0.379 e. The van der Waals surface area contributed by atoms with Crippen LogP contribution in [0.3, 0.4) is 0 Å². The number of likely N-dealkylation sites (tertiary alicyclic amines) is 1. The van der Waals surface area contributed by atoms with E-state index in [1.165, 1.54) is 0 Å². The lowest BCUT2D eigenvalue weighted by molar-refractivity contribution is -0.128. The number of guanidine groups is 1. The predicted molar refractivity (Wildman–Crippen MR) is 110 cm³/mol. The first-order valence-corrected chi connectivity index (χ1v) is 9.29. The summed E-state index contributed by atoms with van der Waals surface area (Å²) in [7, 11) is 0. The van der Waals surface area contributed by atoms with Crippen molar-refractivity contribution in [1.29, 1.82) is 0 Å². The third-order valence-electron chi connectivity index (χ3n) is 4.26. The molecule has 146 valence electrons. The zero-order chi connectivity index (χ0) is 17.0. The quantitative estimate of drug-likeness (QED) is 0.232. The second-order valence-corrected chi connectivity index (χ2v) is 6.27. The van der Waals surface area contributed by atoms with E-state index in [9.17, 15) is 4.79 Å². The number of aliphatic imine (C=N–C) groups is 1. The van der Waals surface area contributed by atoms with Gasteiger partial charge < -0.3 is 25.0 Å². The van der Waals surface area contributed by atoms with Gasteiger partial charge in [0.1, 0.15) is 6.54 Å². The number of rotatable bonds is 9. The highest BCUT2D eigenvalue weighted by Crippen LogP contribution is 2.11. The smallest absolute Gasteiger partial charge is 0.244 e. The molecule has 0 aromatic heterocycles. The topological polar surface area (TPSA) is 75.2 Å². The van der Waals surface area contributed by atoms with E-state index in [1.54, 1.807) is 0 Å². The SMILES string of the molecule is CCNC(=NCC(=O)N1CCCC1)NCCCOCC1CCCO1.I. The first-order chi connectivity index (χ1) is 11.8. The molecule has 2 aliphatic heterocycles. The maximum Gasteiger partial charge on any atom is 0.244 e. The molecule has 2 rings (SSSR count). The van der Waals surface area contributed by atoms with Crippen molar-refractivity contribution in [2.75, 3.05) is 52.5 Å². The Balaban J connectivity index is 0.00000312. The van der Waals surface area contributed by atoms with Gasteiger partial charge in [0.15, 0.2) is 5.96 Å². The number of hydrogen-bond donors (Lipinski definition) is 2. The molecule has 8 heteroatoms. The summed E-state index contributed by atoms with van der Waals surface area (Å²) in [5, 5.41) is 6.42. The fourth-order valence-electron chi connectivity index (χ4n) is 2.93. The van der Waals surface area contributed by atoms with Crippen molar-refractivity contribution < 1.29 is 14.3 Å². The van der Waals surface area contributed by atoms with Gasteiger partial charge in [-0.05, 0) is 39.0 Å². The Kier molecular flexibility index (Phi) is 12.2. The van der Waals surface area contributed by atoms with Crippen LogP contribution >= 0.6 is 24.0 Å². The summed E-state index contributed by atoms with van der Waals surface area (Å²) in [4.78, 5) is 18.3. The first-order valence-electron chi connectivity index (χ1n) is 9.29. The van der Waals surface area contributed by atoms with E-state index in [0.717, 1.165) is 64.9 Å². The molecule has 1 unspecified atom stereocenters. The Labute approximate surface area is 168 Å². The molecule has 2 fully saturated rings. The third-order valence-corrected chi connectivity index (χ3v) is 4.26. The Morgan fingerprint density at radius 3 is 2.76 bits per heavy atom. The van der Waals surface area contributed by atoms with Crippen molar-refractivity contribution in [2.45, 2.75) is 45.1 Å². The second kappa shape index (κ2) is 13.6. The van der Waals surface area contributed by atoms with Crippen molar-refractivity contribution >= 4 is 35.8 Å². The van der Waals surface area contributed by atoms with Crippen LogP contribution in [-0.2, 0) is 14.3 Å². The Morgan fingerprint density at radius 2 is 2.08 bits per heavy atom. The molecule has 2 saturated heterocycles. The molecule has 0 saturated carbocycles. The lowest BCUT2D eigenvalue weighted by Crippen LogP contribution is -2.39. The summed E-state index contributed by atoms with van der Waals surface area (Å²) in [6, 6.07) is 0. The summed E-state index contributed by atoms with van der Waals surface area (Å²) in [6.07, 6.45) is 5.67. The van der Waals surface area contributed by atoms with Crippen LogP contribution in [0.15, 0.2) is 4.99 Å². The van der Waals surface area contributed by atoms with Gasteiger partial charge in [-0.15, -0.1) is 24.0 Å². The molecule has 0 aromatic rings. The molecule has 2 aliphatic rings. The molecule has 1 amide bonds. The van der Waals surface area contributed by atoms with E-state index < -0.39 is 0 Å². The van der Waals surface area contributed by atoms with Crippen LogP contribution in [0.4, 0.5) is 0 Å². The number of ether oxygens (including phenoxy) is 2. The molecule has 0 aromatic carbocycles. The summed E-state index contributed by atoms with van der Waals surface area (Å²) < 4.78 is 11.2. The van der Waals surface area contributed by atoms with Crippen molar-refractivity contribution in [3.05, 3.63) is 0 Å². The number of carbonyl (C=O) groups is 1. The molecule has 0 spiro atoms. The number of carbonyl (C=O) groups excluding carboxylic acids is 1. The fourth-order valence-corrected chi connectivity index (χ4v) is 2.93. The summed E-state index contributed by atoms with van der Waals surface area (Å²) in [5.74, 6) is 0.814. The normalized spacial score (nSPS) is 20.4. The zero-order valence-corrected chi connectivity index (χ0v) is 17.6. The lowest BCUT2D eigenvalue weighted by atomic mass is 10.2. The molecule has 0 bridgehead atoms. The predicted octanol–water partition coefficient (Wildman–Crippen LogP) is 1.37. The van der Waals surface area contributed by atoms with E-state index >= 15 is 0 Å². The molecule has 0 aliphatic carbocycles. The number of nitrogens with one attached hydrogen (secondary N) is 2. The highest BCUT2D eigenvalue weighted by atomic mass is 127. The summed E-state index contributed by atoms with van der Waals surface area (Å²) in [6.45, 7) is 7.80. The monoisotopic (exact) mass is 468 g/mol. The number of amides is 1. The molecular weight excluding hydrogens is 435 g/mol. The third kappa shape index (κ3) is 9.05. The van der Waals surface area contributed by atoms with Gasteiger partial charge in [0.25, 0.3) is 0 Å². The molecule has 7 nitrogen and oxygen atoms in total. The van der Waals surface area contributed by atoms with E-state index in [4.69, 9.17) is 9.47 Å². The number of nitrogens with zero attached hydrogens (tertiary/aromatic N) is 2. The van der Waals surface area contributed by atoms with E-state index in [-0.39, 0.29) is 42.5 Å². The lowest BCUT2D eigenvalue weighted by Gasteiger charge is -2.15. The Hall–Kier alpha value is -0.610. The van der Waals surface area contributed by atoms with Crippen molar-refractivity contribution in [1.82, 2.24) is 15.5 Å². The van der Waals surface area contributed by atoms with Crippen LogP contribution < -0.4 is 10.6 Å². The molecule has 0 radical (unpaired) electrons. The molecule has 1 atom stereocenters. The van der Waals surface area contributed by atoms with Crippen molar-refractivity contribution in [3.8, 4) is 0 Å². The van der Waals surface area contributed by atoms with Gasteiger partial charge in [-0.2, -0.15) is 0 Å². The number of hydrogen-bond acceptors (Lipinski definition) is 4. The van der Waals surface area contributed by atoms with Crippen LogP contribution in [0, 0.1) is 0 Å². The average Bonchev–Trinajstić information content (AvgIpc) is 3.28. The van der Waals surface area contributed by atoms with Crippen LogP contribution in [0.2, 0.25) is 0 Å².